The number of pyridine rings is 1. The van der Waals surface area contributed by atoms with Gasteiger partial charge in [0.2, 0.25) is 0 Å². The molecule has 0 unspecified atom stereocenters. The Morgan fingerprint density at radius 2 is 1.93 bits per heavy atom. The molecule has 0 spiro atoms. The van der Waals surface area contributed by atoms with Crippen molar-refractivity contribution < 1.29 is 4.79 Å². The Labute approximate surface area is 166 Å². The molecule has 0 fully saturated rings. The molecule has 0 bridgehead atoms. The van der Waals surface area contributed by atoms with Crippen molar-refractivity contribution in [3.63, 3.8) is 0 Å². The number of aromatic nitrogens is 2. The largest absolute Gasteiger partial charge is 0.352 e. The van der Waals surface area contributed by atoms with Crippen LogP contribution in [0.5, 0.6) is 0 Å². The summed E-state index contributed by atoms with van der Waals surface area (Å²) >= 11 is 6.00. The van der Waals surface area contributed by atoms with Gasteiger partial charge in [0.05, 0.1) is 16.5 Å². The highest BCUT2D eigenvalue weighted by atomic mass is 35.5. The van der Waals surface area contributed by atoms with Gasteiger partial charge in [0.25, 0.3) is 11.5 Å². The van der Waals surface area contributed by atoms with Crippen LogP contribution in [0.25, 0.3) is 16.6 Å². The second-order valence-electron chi connectivity index (χ2n) is 6.69. The van der Waals surface area contributed by atoms with Crippen molar-refractivity contribution in [2.75, 3.05) is 6.54 Å². The van der Waals surface area contributed by atoms with Crippen LogP contribution in [0.4, 0.5) is 0 Å². The van der Waals surface area contributed by atoms with Gasteiger partial charge in [0, 0.05) is 17.8 Å². The Morgan fingerprint density at radius 1 is 1.14 bits per heavy atom. The number of fused-ring (bicyclic) bond motifs is 2. The van der Waals surface area contributed by atoms with Gasteiger partial charge in [0.15, 0.2) is 5.65 Å². The molecule has 28 heavy (non-hydrogen) atoms. The average molecular weight is 392 g/mol. The molecule has 2 aromatic carbocycles. The summed E-state index contributed by atoms with van der Waals surface area (Å²) in [5.74, 6) is -0.259. The number of carbonyl (C=O) groups excluding carboxylic acids is 1. The number of benzene rings is 2. The minimum absolute atomic E-state index is 0.253. The van der Waals surface area contributed by atoms with Gasteiger partial charge in [-0.2, -0.15) is 0 Å². The maximum Gasteiger partial charge on any atom is 0.265 e. The van der Waals surface area contributed by atoms with E-state index in [1.54, 1.807) is 36.5 Å². The second kappa shape index (κ2) is 7.44. The Kier molecular flexibility index (Phi) is 4.84. The maximum absolute atomic E-state index is 12.8. The second-order valence-corrected chi connectivity index (χ2v) is 7.12. The summed E-state index contributed by atoms with van der Waals surface area (Å²) in [6.45, 7) is 2.54. The first-order chi connectivity index (χ1) is 13.5. The molecule has 0 aliphatic carbocycles. The molecule has 5 nitrogen and oxygen atoms in total. The fraction of sp³-hybridized carbons (Fsp3) is 0.136. The van der Waals surface area contributed by atoms with Gasteiger partial charge >= 0.3 is 0 Å². The van der Waals surface area contributed by atoms with Gasteiger partial charge in [-0.3, -0.25) is 14.0 Å². The Hall–Kier alpha value is -3.18. The highest BCUT2D eigenvalue weighted by molar-refractivity contribution is 6.31. The molecule has 1 amide bonds. The molecule has 0 saturated carbocycles. The van der Waals surface area contributed by atoms with E-state index < -0.39 is 0 Å². The number of hydrogen-bond acceptors (Lipinski definition) is 3. The summed E-state index contributed by atoms with van der Waals surface area (Å²) in [5.41, 5.74) is 3.30. The number of carbonyl (C=O) groups is 1. The molecule has 0 aliphatic rings. The van der Waals surface area contributed by atoms with Gasteiger partial charge in [-0.1, -0.05) is 41.4 Å². The first kappa shape index (κ1) is 18.2. The summed E-state index contributed by atoms with van der Waals surface area (Å²) in [4.78, 5) is 30.0. The van der Waals surface area contributed by atoms with Crippen LogP contribution in [-0.2, 0) is 6.42 Å². The normalized spacial score (nSPS) is 11.1. The zero-order valence-corrected chi connectivity index (χ0v) is 16.0. The van der Waals surface area contributed by atoms with Crippen molar-refractivity contribution in [2.24, 2.45) is 0 Å². The monoisotopic (exact) mass is 391 g/mol. The zero-order chi connectivity index (χ0) is 19.7. The number of aryl methyl sites for hydroxylation is 1. The average Bonchev–Trinajstić information content (AvgIpc) is 2.70. The van der Waals surface area contributed by atoms with Crippen LogP contribution >= 0.6 is 11.6 Å². The number of hydrogen-bond donors (Lipinski definition) is 1. The third-order valence-electron chi connectivity index (χ3n) is 4.67. The molecule has 0 atom stereocenters. The Bertz CT molecular complexity index is 1250. The minimum Gasteiger partial charge on any atom is -0.352 e. The molecule has 2 heterocycles. The predicted molar refractivity (Wildman–Crippen MR) is 111 cm³/mol. The first-order valence-corrected chi connectivity index (χ1v) is 9.35. The highest BCUT2D eigenvalue weighted by Gasteiger charge is 2.14. The SMILES string of the molecule is Cc1ccc(CCNC(=O)c2cccn3c(=O)c4cc(Cl)ccc4nc23)cc1. The number of nitrogens with one attached hydrogen (secondary N) is 1. The van der Waals surface area contributed by atoms with E-state index in [2.05, 4.69) is 34.6 Å². The fourth-order valence-corrected chi connectivity index (χ4v) is 3.32. The van der Waals surface area contributed by atoms with Gasteiger partial charge in [-0.25, -0.2) is 4.98 Å². The van der Waals surface area contributed by atoms with Gasteiger partial charge in [-0.15, -0.1) is 0 Å². The van der Waals surface area contributed by atoms with Crippen molar-refractivity contribution in [1.82, 2.24) is 14.7 Å². The van der Waals surface area contributed by atoms with Crippen LogP contribution in [0, 0.1) is 6.92 Å². The van der Waals surface area contributed by atoms with E-state index in [1.165, 1.54) is 9.96 Å². The van der Waals surface area contributed by atoms with Crippen LogP contribution in [0.3, 0.4) is 0 Å². The number of nitrogens with zero attached hydrogens (tertiary/aromatic N) is 2. The topological polar surface area (TPSA) is 63.5 Å². The van der Waals surface area contributed by atoms with Gasteiger partial charge in [0.1, 0.15) is 0 Å². The lowest BCUT2D eigenvalue weighted by Gasteiger charge is -2.09. The quantitative estimate of drug-likeness (QED) is 0.538. The number of amides is 1. The molecular formula is C22H18ClN3O2. The Morgan fingerprint density at radius 3 is 2.71 bits per heavy atom. The van der Waals surface area contributed by atoms with Gasteiger partial charge < -0.3 is 5.32 Å². The minimum atomic E-state index is -0.259. The smallest absolute Gasteiger partial charge is 0.265 e. The van der Waals surface area contributed by atoms with Crippen molar-refractivity contribution in [2.45, 2.75) is 13.3 Å². The summed E-state index contributed by atoms with van der Waals surface area (Å²) in [6.07, 6.45) is 2.33. The standard InChI is InChI=1S/C22H18ClN3O2/c1-14-4-6-15(7-5-14)10-11-24-21(27)17-3-2-12-26-20(17)25-19-9-8-16(23)13-18(19)22(26)28/h2-9,12-13H,10-11H2,1H3,(H,24,27). The summed E-state index contributed by atoms with van der Waals surface area (Å²) in [7, 11) is 0. The molecule has 4 rings (SSSR count). The van der Waals surface area contributed by atoms with E-state index in [0.717, 1.165) is 12.0 Å². The van der Waals surface area contributed by atoms with Crippen molar-refractivity contribution in [1.29, 1.82) is 0 Å². The lowest BCUT2D eigenvalue weighted by atomic mass is 10.1. The molecule has 6 heteroatoms. The fourth-order valence-electron chi connectivity index (χ4n) is 3.15. The molecule has 140 valence electrons. The van der Waals surface area contributed by atoms with Crippen molar-refractivity contribution >= 4 is 34.1 Å². The molecule has 2 aromatic heterocycles. The van der Waals surface area contributed by atoms with Crippen molar-refractivity contribution in [3.8, 4) is 0 Å². The molecule has 4 aromatic rings. The van der Waals surface area contributed by atoms with Crippen LogP contribution in [-0.4, -0.2) is 21.8 Å². The highest BCUT2D eigenvalue weighted by Crippen LogP contribution is 2.17. The van der Waals surface area contributed by atoms with E-state index in [0.29, 0.717) is 33.7 Å². The van der Waals surface area contributed by atoms with Crippen LogP contribution < -0.4 is 10.9 Å². The molecule has 0 saturated heterocycles. The lowest BCUT2D eigenvalue weighted by molar-refractivity contribution is 0.0955. The van der Waals surface area contributed by atoms with E-state index >= 15 is 0 Å². The van der Waals surface area contributed by atoms with Crippen LogP contribution in [0.15, 0.2) is 65.6 Å². The van der Waals surface area contributed by atoms with E-state index in [9.17, 15) is 9.59 Å². The molecule has 0 radical (unpaired) electrons. The maximum atomic E-state index is 12.8. The zero-order valence-electron chi connectivity index (χ0n) is 15.3. The predicted octanol–water partition coefficient (Wildman–Crippen LogP) is 3.78. The molecule has 0 aliphatic heterocycles. The van der Waals surface area contributed by atoms with Crippen LogP contribution in [0.1, 0.15) is 21.5 Å². The first-order valence-electron chi connectivity index (χ1n) is 8.97. The summed E-state index contributed by atoms with van der Waals surface area (Å²) < 4.78 is 1.38. The van der Waals surface area contributed by atoms with E-state index in [4.69, 9.17) is 11.6 Å². The van der Waals surface area contributed by atoms with Crippen LogP contribution in [0.2, 0.25) is 5.02 Å². The van der Waals surface area contributed by atoms with Crippen molar-refractivity contribution in [3.05, 3.63) is 92.9 Å². The number of rotatable bonds is 4. The number of halogens is 1. The third kappa shape index (κ3) is 3.49. The summed E-state index contributed by atoms with van der Waals surface area (Å²) in [6, 6.07) is 16.5. The Balaban J connectivity index is 1.63. The third-order valence-corrected chi connectivity index (χ3v) is 4.90. The van der Waals surface area contributed by atoms with E-state index in [1.807, 2.05) is 6.92 Å². The summed E-state index contributed by atoms with van der Waals surface area (Å²) in [5, 5.41) is 3.80. The lowest BCUT2D eigenvalue weighted by Crippen LogP contribution is -2.27. The molecule has 1 N–H and O–H groups in total. The molecular weight excluding hydrogens is 374 g/mol. The van der Waals surface area contributed by atoms with E-state index in [-0.39, 0.29) is 11.5 Å². The van der Waals surface area contributed by atoms with Gasteiger partial charge in [-0.05, 0) is 49.2 Å².